The highest BCUT2D eigenvalue weighted by Gasteiger charge is 2.19. The third kappa shape index (κ3) is 2.76. The topological polar surface area (TPSA) is 47.3 Å². The number of hydrogen-bond donors (Lipinski definition) is 1. The summed E-state index contributed by atoms with van der Waals surface area (Å²) in [6.45, 7) is 2.85. The average Bonchev–Trinajstić information content (AvgIpc) is 2.47. The summed E-state index contributed by atoms with van der Waals surface area (Å²) in [5.74, 6) is 0.485. The first-order chi connectivity index (χ1) is 9.74. The van der Waals surface area contributed by atoms with Gasteiger partial charge < -0.3 is 5.11 Å². The first-order valence-electron chi connectivity index (χ1n) is 7.08. The van der Waals surface area contributed by atoms with E-state index < -0.39 is 0 Å². The molecule has 20 heavy (non-hydrogen) atoms. The van der Waals surface area contributed by atoms with Crippen LogP contribution in [0.25, 0.3) is 10.8 Å². The number of aromatic hydroxyl groups is 1. The second-order valence-electron chi connectivity index (χ2n) is 5.57. The van der Waals surface area contributed by atoms with E-state index in [2.05, 4.69) is 29.2 Å². The number of benzene rings is 2. The van der Waals surface area contributed by atoms with E-state index in [4.69, 9.17) is 5.26 Å². The molecule has 0 unspecified atom stereocenters. The Labute approximate surface area is 119 Å². The lowest BCUT2D eigenvalue weighted by molar-refractivity contribution is 0.192. The van der Waals surface area contributed by atoms with E-state index >= 15 is 0 Å². The molecule has 0 aliphatic carbocycles. The number of phenolic OH excluding ortho intramolecular Hbond substituents is 1. The minimum Gasteiger partial charge on any atom is -0.508 e. The van der Waals surface area contributed by atoms with Crippen molar-refractivity contribution < 1.29 is 5.11 Å². The number of phenols is 1. The van der Waals surface area contributed by atoms with Crippen LogP contribution in [0, 0.1) is 17.2 Å². The van der Waals surface area contributed by atoms with E-state index in [0.717, 1.165) is 43.2 Å². The SMILES string of the molecule is N#C[C@@H]1CCCN(Cc2ccc3cc(O)ccc3c2)C1. The highest BCUT2D eigenvalue weighted by molar-refractivity contribution is 5.84. The van der Waals surface area contributed by atoms with E-state index in [-0.39, 0.29) is 5.92 Å². The molecule has 0 amide bonds. The Morgan fingerprint density at radius 3 is 2.85 bits per heavy atom. The van der Waals surface area contributed by atoms with Gasteiger partial charge in [0, 0.05) is 13.1 Å². The molecule has 1 atom stereocenters. The van der Waals surface area contributed by atoms with Gasteiger partial charge in [0.05, 0.1) is 12.0 Å². The molecule has 1 aliphatic rings. The van der Waals surface area contributed by atoms with E-state index in [1.54, 1.807) is 12.1 Å². The van der Waals surface area contributed by atoms with Crippen molar-refractivity contribution in [2.45, 2.75) is 19.4 Å². The number of nitrogens with zero attached hydrogens (tertiary/aromatic N) is 2. The second-order valence-corrected chi connectivity index (χ2v) is 5.57. The van der Waals surface area contributed by atoms with Crippen molar-refractivity contribution in [2.24, 2.45) is 5.92 Å². The fraction of sp³-hybridized carbons (Fsp3) is 0.353. The number of nitriles is 1. The van der Waals surface area contributed by atoms with Crippen LogP contribution in [-0.4, -0.2) is 23.1 Å². The van der Waals surface area contributed by atoms with Crippen molar-refractivity contribution in [1.29, 1.82) is 5.26 Å². The van der Waals surface area contributed by atoms with E-state index in [1.807, 2.05) is 6.07 Å². The standard InChI is InChI=1S/C17H18N2O/c18-10-14-2-1-7-19(12-14)11-13-3-4-16-9-17(20)6-5-15(16)8-13/h3-6,8-9,14,20H,1-2,7,11-12H2/t14-/m0/s1. The Bertz CT molecular complexity index is 660. The molecule has 2 aromatic carbocycles. The van der Waals surface area contributed by atoms with Crippen LogP contribution in [-0.2, 0) is 6.54 Å². The zero-order valence-electron chi connectivity index (χ0n) is 11.4. The van der Waals surface area contributed by atoms with Crippen LogP contribution >= 0.6 is 0 Å². The van der Waals surface area contributed by atoms with Crippen LogP contribution in [0.3, 0.4) is 0 Å². The van der Waals surface area contributed by atoms with Crippen LogP contribution in [0.15, 0.2) is 36.4 Å². The quantitative estimate of drug-likeness (QED) is 0.907. The maximum Gasteiger partial charge on any atom is 0.116 e. The first kappa shape index (κ1) is 13.0. The van der Waals surface area contributed by atoms with E-state index in [1.165, 1.54) is 5.56 Å². The molecule has 2 aromatic rings. The zero-order valence-corrected chi connectivity index (χ0v) is 11.4. The molecule has 0 radical (unpaired) electrons. The summed E-state index contributed by atoms with van der Waals surface area (Å²) in [6, 6.07) is 14.2. The Morgan fingerprint density at radius 2 is 2.00 bits per heavy atom. The molecule has 0 saturated carbocycles. The minimum atomic E-state index is 0.182. The van der Waals surface area contributed by atoms with Gasteiger partial charge in [-0.15, -0.1) is 0 Å². The molecule has 1 aliphatic heterocycles. The molecule has 1 N–H and O–H groups in total. The summed E-state index contributed by atoms with van der Waals surface area (Å²) in [4.78, 5) is 2.36. The second kappa shape index (κ2) is 5.52. The van der Waals surface area contributed by atoms with E-state index in [9.17, 15) is 5.11 Å². The highest BCUT2D eigenvalue weighted by atomic mass is 16.3. The molecular weight excluding hydrogens is 248 g/mol. The van der Waals surface area contributed by atoms with Gasteiger partial charge in [-0.1, -0.05) is 18.2 Å². The average molecular weight is 266 g/mol. The third-order valence-electron chi connectivity index (χ3n) is 3.98. The summed E-state index contributed by atoms with van der Waals surface area (Å²) in [5, 5.41) is 20.7. The third-order valence-corrected chi connectivity index (χ3v) is 3.98. The molecule has 3 heteroatoms. The molecule has 1 saturated heterocycles. The molecule has 1 fully saturated rings. The van der Waals surface area contributed by atoms with E-state index in [0.29, 0.717) is 5.75 Å². The van der Waals surface area contributed by atoms with Crippen molar-refractivity contribution in [3.05, 3.63) is 42.0 Å². The van der Waals surface area contributed by atoms with Gasteiger partial charge in [0.25, 0.3) is 0 Å². The summed E-state index contributed by atoms with van der Waals surface area (Å²) in [7, 11) is 0. The number of hydrogen-bond acceptors (Lipinski definition) is 3. The van der Waals surface area contributed by atoms with Crippen LogP contribution < -0.4 is 0 Å². The number of fused-ring (bicyclic) bond motifs is 1. The lowest BCUT2D eigenvalue weighted by Crippen LogP contribution is -2.34. The van der Waals surface area contributed by atoms with Gasteiger partial charge in [-0.2, -0.15) is 5.26 Å². The van der Waals surface area contributed by atoms with Crippen molar-refractivity contribution in [1.82, 2.24) is 4.90 Å². The monoisotopic (exact) mass is 266 g/mol. The van der Waals surface area contributed by atoms with Crippen molar-refractivity contribution >= 4 is 10.8 Å². The highest BCUT2D eigenvalue weighted by Crippen LogP contribution is 2.23. The normalized spacial score (nSPS) is 19.9. The summed E-state index contributed by atoms with van der Waals surface area (Å²) < 4.78 is 0. The van der Waals surface area contributed by atoms with Crippen LogP contribution in [0.4, 0.5) is 0 Å². The van der Waals surface area contributed by atoms with Crippen LogP contribution in [0.1, 0.15) is 18.4 Å². The lowest BCUT2D eigenvalue weighted by Gasteiger charge is -2.29. The van der Waals surface area contributed by atoms with Gasteiger partial charge >= 0.3 is 0 Å². The predicted octanol–water partition coefficient (Wildman–Crippen LogP) is 3.28. The maximum atomic E-state index is 9.48. The fourth-order valence-electron chi connectivity index (χ4n) is 2.94. The maximum absolute atomic E-state index is 9.48. The van der Waals surface area contributed by atoms with Gasteiger partial charge in [0.15, 0.2) is 0 Å². The fourth-order valence-corrected chi connectivity index (χ4v) is 2.94. The molecule has 0 spiro atoms. The molecule has 0 bridgehead atoms. The number of likely N-dealkylation sites (tertiary alicyclic amines) is 1. The molecular formula is C17H18N2O. The molecule has 0 aromatic heterocycles. The number of piperidine rings is 1. The summed E-state index contributed by atoms with van der Waals surface area (Å²) >= 11 is 0. The largest absolute Gasteiger partial charge is 0.508 e. The Morgan fingerprint density at radius 1 is 1.20 bits per heavy atom. The first-order valence-corrected chi connectivity index (χ1v) is 7.08. The Kier molecular flexibility index (Phi) is 3.58. The summed E-state index contributed by atoms with van der Waals surface area (Å²) in [5.41, 5.74) is 1.27. The minimum absolute atomic E-state index is 0.182. The van der Waals surface area contributed by atoms with Crippen LogP contribution in [0.5, 0.6) is 5.75 Å². The Hall–Kier alpha value is -2.05. The van der Waals surface area contributed by atoms with Gasteiger partial charge in [-0.05, 0) is 53.9 Å². The smallest absolute Gasteiger partial charge is 0.116 e. The lowest BCUT2D eigenvalue weighted by atomic mass is 9.99. The van der Waals surface area contributed by atoms with Crippen molar-refractivity contribution in [3.8, 4) is 11.8 Å². The number of rotatable bonds is 2. The summed E-state index contributed by atoms with van der Waals surface area (Å²) in [6.07, 6.45) is 2.14. The van der Waals surface area contributed by atoms with Gasteiger partial charge in [0.1, 0.15) is 5.75 Å². The predicted molar refractivity (Wildman–Crippen MR) is 79.2 cm³/mol. The van der Waals surface area contributed by atoms with Gasteiger partial charge in [0.2, 0.25) is 0 Å². The molecule has 3 rings (SSSR count). The van der Waals surface area contributed by atoms with Crippen molar-refractivity contribution in [3.63, 3.8) is 0 Å². The Balaban J connectivity index is 1.77. The zero-order chi connectivity index (χ0) is 13.9. The van der Waals surface area contributed by atoms with Crippen LogP contribution in [0.2, 0.25) is 0 Å². The van der Waals surface area contributed by atoms with Crippen molar-refractivity contribution in [2.75, 3.05) is 13.1 Å². The van der Waals surface area contributed by atoms with Gasteiger partial charge in [-0.3, -0.25) is 4.90 Å². The van der Waals surface area contributed by atoms with Gasteiger partial charge in [-0.25, -0.2) is 0 Å². The molecule has 3 nitrogen and oxygen atoms in total. The molecule has 102 valence electrons. The molecule has 1 heterocycles.